The average Bonchev–Trinajstić information content (AvgIpc) is 2.83. The SMILES string of the molecule is NC[C@H]1CCCCN1CC(=O)c1ccco1. The molecule has 0 aliphatic carbocycles. The van der Waals surface area contributed by atoms with Gasteiger partial charge in [0.15, 0.2) is 5.76 Å². The molecule has 1 aliphatic heterocycles. The summed E-state index contributed by atoms with van der Waals surface area (Å²) in [7, 11) is 0. The van der Waals surface area contributed by atoms with Crippen LogP contribution in [-0.2, 0) is 0 Å². The number of Topliss-reactive ketones (excluding diaryl/α,β-unsaturated/α-hetero) is 1. The topological polar surface area (TPSA) is 59.5 Å². The van der Waals surface area contributed by atoms with E-state index in [0.717, 1.165) is 19.4 Å². The monoisotopic (exact) mass is 222 g/mol. The lowest BCUT2D eigenvalue weighted by molar-refractivity contribution is 0.0825. The van der Waals surface area contributed by atoms with Crippen molar-refractivity contribution in [3.05, 3.63) is 24.2 Å². The molecule has 2 heterocycles. The van der Waals surface area contributed by atoms with E-state index in [-0.39, 0.29) is 5.78 Å². The van der Waals surface area contributed by atoms with Gasteiger partial charge in [0.2, 0.25) is 5.78 Å². The third-order valence-corrected chi connectivity index (χ3v) is 3.16. The molecule has 4 heteroatoms. The summed E-state index contributed by atoms with van der Waals surface area (Å²) in [5.74, 6) is 0.492. The summed E-state index contributed by atoms with van der Waals surface area (Å²) in [6, 6.07) is 3.81. The Morgan fingerprint density at radius 3 is 3.12 bits per heavy atom. The maximum Gasteiger partial charge on any atom is 0.211 e. The van der Waals surface area contributed by atoms with E-state index in [1.54, 1.807) is 12.1 Å². The van der Waals surface area contributed by atoms with Crippen molar-refractivity contribution in [2.24, 2.45) is 5.73 Å². The number of hydrogen-bond acceptors (Lipinski definition) is 4. The Labute approximate surface area is 95.4 Å². The number of piperidine rings is 1. The molecule has 16 heavy (non-hydrogen) atoms. The molecule has 1 atom stereocenters. The van der Waals surface area contributed by atoms with Crippen molar-refractivity contribution in [1.82, 2.24) is 4.90 Å². The third-order valence-electron chi connectivity index (χ3n) is 3.16. The number of ketones is 1. The van der Waals surface area contributed by atoms with Gasteiger partial charge in [-0.2, -0.15) is 0 Å². The zero-order chi connectivity index (χ0) is 11.4. The predicted octanol–water partition coefficient (Wildman–Crippen LogP) is 1.28. The predicted molar refractivity (Wildman–Crippen MR) is 61.3 cm³/mol. The summed E-state index contributed by atoms with van der Waals surface area (Å²) in [5.41, 5.74) is 5.71. The number of rotatable bonds is 4. The summed E-state index contributed by atoms with van der Waals surface area (Å²) in [4.78, 5) is 14.0. The summed E-state index contributed by atoms with van der Waals surface area (Å²) >= 11 is 0. The molecule has 1 aromatic rings. The molecule has 0 bridgehead atoms. The Morgan fingerprint density at radius 1 is 1.56 bits per heavy atom. The highest BCUT2D eigenvalue weighted by molar-refractivity contribution is 5.95. The number of carbonyl (C=O) groups is 1. The number of likely N-dealkylation sites (tertiary alicyclic amines) is 1. The van der Waals surface area contributed by atoms with E-state index in [0.29, 0.717) is 24.9 Å². The van der Waals surface area contributed by atoms with Gasteiger partial charge >= 0.3 is 0 Å². The second-order valence-electron chi connectivity index (χ2n) is 4.26. The van der Waals surface area contributed by atoms with Gasteiger partial charge in [-0.3, -0.25) is 9.69 Å². The van der Waals surface area contributed by atoms with Gasteiger partial charge in [-0.25, -0.2) is 0 Å². The fourth-order valence-corrected chi connectivity index (χ4v) is 2.23. The van der Waals surface area contributed by atoms with Gasteiger partial charge in [0.05, 0.1) is 12.8 Å². The molecule has 2 rings (SSSR count). The van der Waals surface area contributed by atoms with Gasteiger partial charge in [0.1, 0.15) is 0 Å². The van der Waals surface area contributed by atoms with E-state index in [2.05, 4.69) is 4.90 Å². The van der Waals surface area contributed by atoms with Crippen LogP contribution in [0.2, 0.25) is 0 Å². The maximum atomic E-state index is 11.9. The molecule has 88 valence electrons. The van der Waals surface area contributed by atoms with E-state index >= 15 is 0 Å². The fraction of sp³-hybridized carbons (Fsp3) is 0.583. The smallest absolute Gasteiger partial charge is 0.211 e. The highest BCUT2D eigenvalue weighted by Crippen LogP contribution is 2.16. The number of nitrogens with zero attached hydrogens (tertiary/aromatic N) is 1. The van der Waals surface area contributed by atoms with Crippen LogP contribution < -0.4 is 5.73 Å². The van der Waals surface area contributed by atoms with Crippen LogP contribution in [0, 0.1) is 0 Å². The molecule has 1 aromatic heterocycles. The number of carbonyl (C=O) groups excluding carboxylic acids is 1. The van der Waals surface area contributed by atoms with Crippen molar-refractivity contribution < 1.29 is 9.21 Å². The van der Waals surface area contributed by atoms with E-state index in [1.165, 1.54) is 12.7 Å². The van der Waals surface area contributed by atoms with Crippen LogP contribution in [0.5, 0.6) is 0 Å². The van der Waals surface area contributed by atoms with Crippen molar-refractivity contribution in [3.8, 4) is 0 Å². The van der Waals surface area contributed by atoms with Crippen molar-refractivity contribution in [1.29, 1.82) is 0 Å². The normalized spacial score (nSPS) is 22.2. The van der Waals surface area contributed by atoms with Crippen LogP contribution >= 0.6 is 0 Å². The van der Waals surface area contributed by atoms with Crippen molar-refractivity contribution in [3.63, 3.8) is 0 Å². The Balaban J connectivity index is 1.95. The lowest BCUT2D eigenvalue weighted by Crippen LogP contribution is -2.46. The largest absolute Gasteiger partial charge is 0.461 e. The number of nitrogens with two attached hydrogens (primary N) is 1. The van der Waals surface area contributed by atoms with E-state index in [1.807, 2.05) is 0 Å². The van der Waals surface area contributed by atoms with Crippen molar-refractivity contribution in [2.75, 3.05) is 19.6 Å². The standard InChI is InChI=1S/C12H18N2O2/c13-8-10-4-1-2-6-14(10)9-11(15)12-5-3-7-16-12/h3,5,7,10H,1-2,4,6,8-9,13H2/t10-/m1/s1. The lowest BCUT2D eigenvalue weighted by Gasteiger charge is -2.34. The lowest BCUT2D eigenvalue weighted by atomic mass is 10.0. The second kappa shape index (κ2) is 5.27. The van der Waals surface area contributed by atoms with Crippen LogP contribution in [0.25, 0.3) is 0 Å². The van der Waals surface area contributed by atoms with Crippen LogP contribution in [0.4, 0.5) is 0 Å². The number of furan rings is 1. The molecular formula is C12H18N2O2. The van der Waals surface area contributed by atoms with Gasteiger partial charge < -0.3 is 10.2 Å². The van der Waals surface area contributed by atoms with Crippen LogP contribution in [0.1, 0.15) is 29.8 Å². The zero-order valence-electron chi connectivity index (χ0n) is 9.39. The Bertz CT molecular complexity index is 335. The molecule has 0 amide bonds. The number of hydrogen-bond donors (Lipinski definition) is 1. The summed E-state index contributed by atoms with van der Waals surface area (Å²) in [5, 5.41) is 0. The minimum atomic E-state index is 0.0466. The summed E-state index contributed by atoms with van der Waals surface area (Å²) in [6.07, 6.45) is 5.00. The first kappa shape index (κ1) is 11.4. The van der Waals surface area contributed by atoms with Gasteiger partial charge in [-0.05, 0) is 31.5 Å². The maximum absolute atomic E-state index is 11.9. The summed E-state index contributed by atoms with van der Waals surface area (Å²) < 4.78 is 5.10. The Morgan fingerprint density at radius 2 is 2.44 bits per heavy atom. The van der Waals surface area contributed by atoms with E-state index < -0.39 is 0 Å². The van der Waals surface area contributed by atoms with Gasteiger partial charge in [-0.1, -0.05) is 6.42 Å². The molecule has 1 fully saturated rings. The molecule has 1 saturated heterocycles. The fourth-order valence-electron chi connectivity index (χ4n) is 2.23. The highest BCUT2D eigenvalue weighted by atomic mass is 16.3. The first-order chi connectivity index (χ1) is 7.81. The van der Waals surface area contributed by atoms with Gasteiger partial charge in [0, 0.05) is 12.6 Å². The van der Waals surface area contributed by atoms with E-state index in [9.17, 15) is 4.79 Å². The van der Waals surface area contributed by atoms with Crippen molar-refractivity contribution in [2.45, 2.75) is 25.3 Å². The summed E-state index contributed by atoms with van der Waals surface area (Å²) in [6.45, 7) is 2.02. The molecule has 0 spiro atoms. The molecule has 1 aliphatic rings. The van der Waals surface area contributed by atoms with E-state index in [4.69, 9.17) is 10.2 Å². The van der Waals surface area contributed by atoms with Crippen molar-refractivity contribution >= 4 is 5.78 Å². The first-order valence-electron chi connectivity index (χ1n) is 5.82. The van der Waals surface area contributed by atoms with Gasteiger partial charge in [-0.15, -0.1) is 0 Å². The molecule has 0 saturated carbocycles. The quantitative estimate of drug-likeness (QED) is 0.779. The molecule has 0 aromatic carbocycles. The molecule has 0 radical (unpaired) electrons. The Kier molecular flexibility index (Phi) is 3.74. The molecule has 2 N–H and O–H groups in total. The minimum absolute atomic E-state index is 0.0466. The van der Waals surface area contributed by atoms with Crippen LogP contribution in [-0.4, -0.2) is 36.4 Å². The highest BCUT2D eigenvalue weighted by Gasteiger charge is 2.24. The average molecular weight is 222 g/mol. The van der Waals surface area contributed by atoms with Crippen LogP contribution in [0.15, 0.2) is 22.8 Å². The third kappa shape index (κ3) is 2.51. The molecular weight excluding hydrogens is 204 g/mol. The van der Waals surface area contributed by atoms with Gasteiger partial charge in [0.25, 0.3) is 0 Å². The molecule has 0 unspecified atom stereocenters. The minimum Gasteiger partial charge on any atom is -0.461 e. The zero-order valence-corrected chi connectivity index (χ0v) is 9.39. The second-order valence-corrected chi connectivity index (χ2v) is 4.26. The Hall–Kier alpha value is -1.13. The molecule has 4 nitrogen and oxygen atoms in total. The van der Waals surface area contributed by atoms with Crippen LogP contribution in [0.3, 0.4) is 0 Å². The first-order valence-corrected chi connectivity index (χ1v) is 5.82.